The highest BCUT2D eigenvalue weighted by Gasteiger charge is 2.05. The van der Waals surface area contributed by atoms with Crippen molar-refractivity contribution in [1.82, 2.24) is 4.72 Å². The van der Waals surface area contributed by atoms with Crippen LogP contribution in [0.15, 0.2) is 29.5 Å². The van der Waals surface area contributed by atoms with Crippen LogP contribution in [0.2, 0.25) is 0 Å². The molecule has 0 amide bonds. The molecule has 1 aliphatic rings. The van der Waals surface area contributed by atoms with E-state index in [-0.39, 0.29) is 0 Å². The Morgan fingerprint density at radius 3 is 3.21 bits per heavy atom. The van der Waals surface area contributed by atoms with Crippen LogP contribution in [0.1, 0.15) is 13.8 Å². The van der Waals surface area contributed by atoms with E-state index in [9.17, 15) is 0 Å². The van der Waals surface area contributed by atoms with Gasteiger partial charge in [-0.25, -0.2) is 0 Å². The van der Waals surface area contributed by atoms with Crippen LogP contribution >= 0.6 is 23.7 Å². The Balaban J connectivity index is 2.69. The summed E-state index contributed by atoms with van der Waals surface area (Å²) < 4.78 is 3.25. The van der Waals surface area contributed by atoms with E-state index in [0.717, 1.165) is 22.9 Å². The van der Waals surface area contributed by atoms with Gasteiger partial charge < -0.3 is 4.72 Å². The molecule has 1 aliphatic heterocycles. The van der Waals surface area contributed by atoms with Gasteiger partial charge in [0.15, 0.2) is 0 Å². The van der Waals surface area contributed by atoms with Gasteiger partial charge in [0.2, 0.25) is 0 Å². The summed E-state index contributed by atoms with van der Waals surface area (Å²) in [7, 11) is 0. The summed E-state index contributed by atoms with van der Waals surface area (Å²) in [5, 5.41) is 0.606. The van der Waals surface area contributed by atoms with E-state index < -0.39 is 0 Å². The molecule has 1 rings (SSSR count). The molecular formula is C10H16N2S2. The maximum absolute atomic E-state index is 4.35. The number of nitrogens with one attached hydrogen (secondary N) is 1. The van der Waals surface area contributed by atoms with Crippen LogP contribution < -0.4 is 4.72 Å². The number of rotatable bonds is 1. The monoisotopic (exact) mass is 228 g/mol. The third-order valence-corrected chi connectivity index (χ3v) is 4.18. The quantitative estimate of drug-likeness (QED) is 0.698. The molecule has 0 aromatic carbocycles. The predicted octanol–water partition coefficient (Wildman–Crippen LogP) is 2.85. The van der Waals surface area contributed by atoms with Crippen LogP contribution in [-0.2, 0) is 0 Å². The minimum Gasteiger partial charge on any atom is -0.328 e. The highest BCUT2D eigenvalue weighted by atomic mass is 32.2. The van der Waals surface area contributed by atoms with Crippen molar-refractivity contribution in [2.45, 2.75) is 19.1 Å². The minimum atomic E-state index is 0.606. The van der Waals surface area contributed by atoms with Gasteiger partial charge in [-0.1, -0.05) is 13.5 Å². The Bertz CT molecular complexity index is 259. The second-order valence-corrected chi connectivity index (χ2v) is 5.47. The molecule has 78 valence electrons. The van der Waals surface area contributed by atoms with Crippen molar-refractivity contribution in [2.75, 3.05) is 11.5 Å². The molecule has 0 bridgehead atoms. The second-order valence-electron chi connectivity index (χ2n) is 3.20. The van der Waals surface area contributed by atoms with E-state index in [1.54, 1.807) is 18.0 Å². The van der Waals surface area contributed by atoms with E-state index in [1.165, 1.54) is 0 Å². The van der Waals surface area contributed by atoms with Gasteiger partial charge >= 0.3 is 0 Å². The Morgan fingerprint density at radius 2 is 2.50 bits per heavy atom. The molecule has 1 heterocycles. The van der Waals surface area contributed by atoms with E-state index in [2.05, 4.69) is 30.1 Å². The van der Waals surface area contributed by atoms with E-state index in [1.807, 2.05) is 18.0 Å². The lowest BCUT2D eigenvalue weighted by atomic mass is 10.4. The van der Waals surface area contributed by atoms with Crippen molar-refractivity contribution in [2.24, 2.45) is 4.99 Å². The van der Waals surface area contributed by atoms with Crippen LogP contribution in [0.25, 0.3) is 0 Å². The SMILES string of the molecule is C=C/C1=C/N=C(C)CSCC(C)SN1. The fourth-order valence-corrected chi connectivity index (χ4v) is 2.77. The molecule has 0 spiro atoms. The zero-order valence-electron chi connectivity index (χ0n) is 8.62. The van der Waals surface area contributed by atoms with Gasteiger partial charge in [-0.3, -0.25) is 4.99 Å². The first-order valence-electron chi connectivity index (χ1n) is 4.57. The summed E-state index contributed by atoms with van der Waals surface area (Å²) in [6.45, 7) is 8.02. The summed E-state index contributed by atoms with van der Waals surface area (Å²) in [4.78, 5) is 4.35. The summed E-state index contributed by atoms with van der Waals surface area (Å²) >= 11 is 3.66. The molecule has 0 saturated heterocycles. The Hall–Kier alpha value is -0.350. The van der Waals surface area contributed by atoms with Crippen LogP contribution in [0, 0.1) is 0 Å². The molecule has 0 saturated carbocycles. The molecule has 14 heavy (non-hydrogen) atoms. The standard InChI is InChI=1S/C10H16N2S2/c1-4-10-5-11-8(2)6-13-7-9(3)14-12-10/h4-5,9,12H,1,6-7H2,2-3H3/b10-5-,11-8?. The normalized spacial score (nSPS) is 28.0. The summed E-state index contributed by atoms with van der Waals surface area (Å²) in [6.07, 6.45) is 3.64. The van der Waals surface area contributed by atoms with E-state index in [4.69, 9.17) is 0 Å². The van der Waals surface area contributed by atoms with Gasteiger partial charge in [0.1, 0.15) is 0 Å². The van der Waals surface area contributed by atoms with Gasteiger partial charge in [0.05, 0.1) is 11.9 Å². The molecule has 1 N–H and O–H groups in total. The first-order chi connectivity index (χ1) is 6.72. The lowest BCUT2D eigenvalue weighted by molar-refractivity contribution is 1.10. The Labute approximate surface area is 94.5 Å². The first-order valence-corrected chi connectivity index (χ1v) is 6.61. The number of thioether (sulfide) groups is 1. The third-order valence-electron chi connectivity index (χ3n) is 1.69. The smallest absolute Gasteiger partial charge is 0.0619 e. The highest BCUT2D eigenvalue weighted by Crippen LogP contribution is 2.16. The lowest BCUT2D eigenvalue weighted by Crippen LogP contribution is -2.12. The zero-order valence-corrected chi connectivity index (χ0v) is 10.3. The van der Waals surface area contributed by atoms with Gasteiger partial charge in [0.25, 0.3) is 0 Å². The van der Waals surface area contributed by atoms with E-state index in [0.29, 0.717) is 5.25 Å². The van der Waals surface area contributed by atoms with Crippen molar-refractivity contribution in [3.05, 3.63) is 24.6 Å². The van der Waals surface area contributed by atoms with Crippen molar-refractivity contribution >= 4 is 29.4 Å². The third kappa shape index (κ3) is 4.24. The number of allylic oxidation sites excluding steroid dienone is 1. The number of hydrogen-bond acceptors (Lipinski definition) is 4. The minimum absolute atomic E-state index is 0.606. The van der Waals surface area contributed by atoms with Crippen LogP contribution in [-0.4, -0.2) is 22.5 Å². The summed E-state index contributed by atoms with van der Waals surface area (Å²) in [5.41, 5.74) is 2.14. The molecule has 1 unspecified atom stereocenters. The van der Waals surface area contributed by atoms with Gasteiger partial charge in [-0.05, 0) is 24.9 Å². The topological polar surface area (TPSA) is 24.4 Å². The van der Waals surface area contributed by atoms with Gasteiger partial charge in [-0.15, -0.1) is 0 Å². The van der Waals surface area contributed by atoms with Crippen LogP contribution in [0.4, 0.5) is 0 Å². The summed E-state index contributed by atoms with van der Waals surface area (Å²) in [6, 6.07) is 0. The Morgan fingerprint density at radius 1 is 1.71 bits per heavy atom. The Kier molecular flexibility index (Phi) is 5.19. The number of aliphatic imine (C=N–C) groups is 1. The first kappa shape index (κ1) is 11.7. The molecule has 2 nitrogen and oxygen atoms in total. The molecule has 0 aliphatic carbocycles. The molecule has 1 atom stereocenters. The van der Waals surface area contributed by atoms with Crippen molar-refractivity contribution in [1.29, 1.82) is 0 Å². The molecule has 0 aromatic heterocycles. The number of nitrogens with zero attached hydrogens (tertiary/aromatic N) is 1. The van der Waals surface area contributed by atoms with Crippen molar-refractivity contribution in [3.63, 3.8) is 0 Å². The highest BCUT2D eigenvalue weighted by molar-refractivity contribution is 8.02. The molecular weight excluding hydrogens is 212 g/mol. The second kappa shape index (κ2) is 6.19. The molecule has 0 radical (unpaired) electrons. The average molecular weight is 228 g/mol. The number of hydrogen-bond donors (Lipinski definition) is 1. The van der Waals surface area contributed by atoms with Crippen LogP contribution in [0.3, 0.4) is 0 Å². The molecule has 0 aromatic rings. The predicted molar refractivity (Wildman–Crippen MR) is 68.9 cm³/mol. The van der Waals surface area contributed by atoms with Gasteiger partial charge in [0, 0.05) is 22.5 Å². The lowest BCUT2D eigenvalue weighted by Gasteiger charge is -2.13. The van der Waals surface area contributed by atoms with Crippen LogP contribution in [0.5, 0.6) is 0 Å². The van der Waals surface area contributed by atoms with E-state index >= 15 is 0 Å². The van der Waals surface area contributed by atoms with Crippen molar-refractivity contribution in [3.8, 4) is 0 Å². The zero-order chi connectivity index (χ0) is 10.4. The largest absolute Gasteiger partial charge is 0.328 e. The fraction of sp³-hybridized carbons (Fsp3) is 0.500. The van der Waals surface area contributed by atoms with Crippen molar-refractivity contribution < 1.29 is 0 Å². The average Bonchev–Trinajstić information content (AvgIpc) is 2.18. The molecule has 4 heteroatoms. The molecule has 0 fully saturated rings. The van der Waals surface area contributed by atoms with Gasteiger partial charge in [-0.2, -0.15) is 11.8 Å². The summed E-state index contributed by atoms with van der Waals surface area (Å²) in [5.74, 6) is 2.17. The maximum Gasteiger partial charge on any atom is 0.0619 e. The fourth-order valence-electron chi connectivity index (χ4n) is 0.913. The maximum atomic E-state index is 4.35.